The minimum atomic E-state index is -2.08. The van der Waals surface area contributed by atoms with E-state index >= 15 is 0 Å². The monoisotopic (exact) mass is 569 g/mol. The molecule has 0 unspecified atom stereocenters. The Morgan fingerprint density at radius 3 is 1.61 bits per heavy atom. The molecule has 1 heterocycles. The molecule has 2 atom stereocenters. The van der Waals surface area contributed by atoms with Gasteiger partial charge in [0.2, 0.25) is 0 Å². The second-order valence-electron chi connectivity index (χ2n) is 10.0. The Balaban J connectivity index is 1.50. The molecule has 6 N–H and O–H groups in total. The number of carbonyl (C=O) groups excluding carboxylic acids is 3. The molecule has 1 saturated heterocycles. The number of esters is 2. The van der Waals surface area contributed by atoms with Gasteiger partial charge in [-0.25, -0.2) is 9.59 Å². The average molecular weight is 570 g/mol. The van der Waals surface area contributed by atoms with Gasteiger partial charge in [0.15, 0.2) is 28.6 Å². The van der Waals surface area contributed by atoms with E-state index in [9.17, 15) is 45.0 Å². The molecule has 1 saturated carbocycles. The molecule has 1 aliphatic carbocycles. The van der Waals surface area contributed by atoms with E-state index in [2.05, 4.69) is 0 Å². The summed E-state index contributed by atoms with van der Waals surface area (Å²) < 4.78 is 10.7. The Morgan fingerprint density at radius 2 is 1.20 bits per heavy atom. The van der Waals surface area contributed by atoms with Gasteiger partial charge in [0.05, 0.1) is 0 Å². The zero-order valence-electron chi connectivity index (χ0n) is 21.9. The van der Waals surface area contributed by atoms with Gasteiger partial charge in [-0.05, 0) is 60.4 Å². The predicted octanol–water partition coefficient (Wildman–Crippen LogP) is 1.57. The number of benzene rings is 2. The predicted molar refractivity (Wildman–Crippen MR) is 143 cm³/mol. The number of aromatic hydroxyl groups is 4. The second-order valence-corrected chi connectivity index (χ2v) is 10.0. The fourth-order valence-corrected chi connectivity index (χ4v) is 4.84. The number of phenols is 4. The summed E-state index contributed by atoms with van der Waals surface area (Å²) in [5.74, 6) is -3.95. The topological polar surface area (TPSA) is 194 Å². The van der Waals surface area contributed by atoms with Gasteiger partial charge in [0.25, 0.3) is 5.91 Å². The van der Waals surface area contributed by atoms with Crippen LogP contribution in [0.2, 0.25) is 0 Å². The minimum absolute atomic E-state index is 0.339. The van der Waals surface area contributed by atoms with Crippen molar-refractivity contribution in [2.24, 2.45) is 0 Å². The lowest BCUT2D eigenvalue weighted by Crippen LogP contribution is -2.60. The highest BCUT2D eigenvalue weighted by molar-refractivity contribution is 5.89. The number of hydrogen-bond acceptors (Lipinski definition) is 11. The maximum absolute atomic E-state index is 13.2. The van der Waals surface area contributed by atoms with Gasteiger partial charge in [-0.2, -0.15) is 0 Å². The normalized spacial score (nSPS) is 24.5. The molecule has 0 aromatic heterocycles. The van der Waals surface area contributed by atoms with Gasteiger partial charge in [0, 0.05) is 38.1 Å². The van der Waals surface area contributed by atoms with Gasteiger partial charge in [-0.3, -0.25) is 4.79 Å². The van der Waals surface area contributed by atoms with Crippen LogP contribution < -0.4 is 0 Å². The van der Waals surface area contributed by atoms with Crippen LogP contribution >= 0.6 is 0 Å². The third-order valence-corrected chi connectivity index (χ3v) is 6.99. The fraction of sp³-hybridized carbons (Fsp3) is 0.345. The summed E-state index contributed by atoms with van der Waals surface area (Å²) >= 11 is 0. The van der Waals surface area contributed by atoms with Gasteiger partial charge in [0.1, 0.15) is 18.3 Å². The first-order chi connectivity index (χ1) is 19.4. The molecule has 4 rings (SSSR count). The molecule has 0 radical (unpaired) electrons. The average Bonchev–Trinajstić information content (AvgIpc) is 3.47. The van der Waals surface area contributed by atoms with Gasteiger partial charge in [-0.1, -0.05) is 12.1 Å². The number of hydrogen-bond donors (Lipinski definition) is 6. The molecule has 1 aliphatic heterocycles. The largest absolute Gasteiger partial charge is 0.504 e. The lowest BCUT2D eigenvalue weighted by atomic mass is 9.78. The molecule has 1 amide bonds. The van der Waals surface area contributed by atoms with Crippen molar-refractivity contribution in [3.8, 4) is 23.0 Å². The number of aliphatic hydroxyl groups excluding tert-OH is 1. The van der Waals surface area contributed by atoms with Crippen LogP contribution in [-0.2, 0) is 23.9 Å². The van der Waals surface area contributed by atoms with Crippen LogP contribution in [0, 0.1) is 0 Å². The van der Waals surface area contributed by atoms with Crippen molar-refractivity contribution >= 4 is 30.0 Å². The first-order valence-electron chi connectivity index (χ1n) is 13.0. The van der Waals surface area contributed by atoms with Crippen molar-refractivity contribution in [1.29, 1.82) is 0 Å². The summed E-state index contributed by atoms with van der Waals surface area (Å²) in [6, 6.07) is 7.75. The van der Waals surface area contributed by atoms with Crippen LogP contribution in [0.5, 0.6) is 23.0 Å². The summed E-state index contributed by atoms with van der Waals surface area (Å²) in [5, 5.41) is 60.4. The first-order valence-corrected chi connectivity index (χ1v) is 13.0. The molecule has 2 aromatic carbocycles. The van der Waals surface area contributed by atoms with E-state index in [0.717, 1.165) is 25.0 Å². The molecular weight excluding hydrogens is 538 g/mol. The fourth-order valence-electron chi connectivity index (χ4n) is 4.84. The standard InChI is InChI=1S/C29H31NO11/c31-19-7-3-17(13-21(19)33)5-9-25(35)40-23-15-29(39,28(38)30-11-1-2-12-30)16-24(27(23)37)41-26(36)10-6-18-4-8-20(32)22(34)14-18/h3-10,13-14,23-24,27,31-34,37,39H,1-2,11-12,15-16H2/b9-5+,10-6+/t23-,24-,27-,29+/m1/s1. The lowest BCUT2D eigenvalue weighted by Gasteiger charge is -2.43. The summed E-state index contributed by atoms with van der Waals surface area (Å²) in [4.78, 5) is 39.9. The zero-order valence-corrected chi connectivity index (χ0v) is 21.9. The molecule has 2 aromatic rings. The van der Waals surface area contributed by atoms with Crippen LogP contribution in [0.25, 0.3) is 12.2 Å². The Bertz CT molecular complexity index is 1280. The quantitative estimate of drug-likeness (QED) is 0.161. The summed E-state index contributed by atoms with van der Waals surface area (Å²) in [5.41, 5.74) is -1.36. The van der Waals surface area contributed by atoms with Gasteiger partial charge >= 0.3 is 11.9 Å². The third-order valence-electron chi connectivity index (χ3n) is 6.99. The van der Waals surface area contributed by atoms with Gasteiger partial charge in [-0.15, -0.1) is 0 Å². The smallest absolute Gasteiger partial charge is 0.331 e. The van der Waals surface area contributed by atoms with E-state index in [1.165, 1.54) is 53.5 Å². The number of ether oxygens (including phenoxy) is 2. The van der Waals surface area contributed by atoms with E-state index in [-0.39, 0.29) is 11.5 Å². The summed E-state index contributed by atoms with van der Waals surface area (Å²) in [7, 11) is 0. The number of phenolic OH excluding ortho intramolecular Hbond substituents is 4. The van der Waals surface area contributed by atoms with Crippen molar-refractivity contribution in [2.75, 3.05) is 13.1 Å². The second kappa shape index (κ2) is 12.3. The SMILES string of the molecule is O=C(/C=C/c1ccc(O)c(O)c1)O[C@@H]1C[C@](O)(C(=O)N2CCCC2)C[C@@H](OC(=O)/C=C/c2ccc(O)c(O)c2)[C@H]1O. The highest BCUT2D eigenvalue weighted by Crippen LogP contribution is 2.35. The van der Waals surface area contributed by atoms with Crippen LogP contribution in [0.1, 0.15) is 36.8 Å². The molecule has 41 heavy (non-hydrogen) atoms. The van der Waals surface area contributed by atoms with E-state index in [4.69, 9.17) is 9.47 Å². The number of likely N-dealkylation sites (tertiary alicyclic amines) is 1. The number of rotatable bonds is 7. The van der Waals surface area contributed by atoms with Crippen molar-refractivity contribution in [3.63, 3.8) is 0 Å². The molecule has 2 fully saturated rings. The number of amides is 1. The Hall–Kier alpha value is -4.55. The maximum atomic E-state index is 13.2. The Labute approximate surface area is 235 Å². The van der Waals surface area contributed by atoms with Crippen LogP contribution in [-0.4, -0.2) is 90.4 Å². The number of aliphatic hydroxyl groups is 2. The van der Waals surface area contributed by atoms with Crippen LogP contribution in [0.15, 0.2) is 48.6 Å². The molecule has 218 valence electrons. The third kappa shape index (κ3) is 7.16. The van der Waals surface area contributed by atoms with Gasteiger partial charge < -0.3 is 45.0 Å². The van der Waals surface area contributed by atoms with E-state index < -0.39 is 66.1 Å². The number of nitrogens with zero attached hydrogens (tertiary/aromatic N) is 1. The Kier molecular flexibility index (Phi) is 8.84. The van der Waals surface area contributed by atoms with Crippen molar-refractivity contribution < 1.29 is 54.5 Å². The molecule has 12 nitrogen and oxygen atoms in total. The van der Waals surface area contributed by atoms with Crippen molar-refractivity contribution in [1.82, 2.24) is 4.90 Å². The first kappa shape index (κ1) is 29.4. The highest BCUT2D eigenvalue weighted by Gasteiger charge is 2.53. The van der Waals surface area contributed by atoms with Crippen molar-refractivity contribution in [3.05, 3.63) is 59.7 Å². The molecule has 2 aliphatic rings. The van der Waals surface area contributed by atoms with E-state index in [1.807, 2.05) is 0 Å². The van der Waals surface area contributed by atoms with E-state index in [1.54, 1.807) is 0 Å². The summed E-state index contributed by atoms with van der Waals surface area (Å²) in [6.45, 7) is 0.867. The summed E-state index contributed by atoms with van der Waals surface area (Å²) in [6.07, 6.45) is 0.849. The van der Waals surface area contributed by atoms with E-state index in [0.29, 0.717) is 24.2 Å². The maximum Gasteiger partial charge on any atom is 0.331 e. The van der Waals surface area contributed by atoms with Crippen LogP contribution in [0.4, 0.5) is 0 Å². The zero-order chi connectivity index (χ0) is 29.7. The Morgan fingerprint density at radius 1 is 0.756 bits per heavy atom. The molecule has 12 heteroatoms. The van der Waals surface area contributed by atoms with Crippen molar-refractivity contribution in [2.45, 2.75) is 49.6 Å². The molecule has 0 bridgehead atoms. The number of carbonyl (C=O) groups is 3. The van der Waals surface area contributed by atoms with Crippen LogP contribution in [0.3, 0.4) is 0 Å². The molecular formula is C29H31NO11. The lowest BCUT2D eigenvalue weighted by molar-refractivity contribution is -0.199. The molecule has 0 spiro atoms. The highest BCUT2D eigenvalue weighted by atomic mass is 16.6. The minimum Gasteiger partial charge on any atom is -0.504 e.